The molecule has 2 aromatic carbocycles. The van der Waals surface area contributed by atoms with Crippen molar-refractivity contribution in [1.29, 1.82) is 0 Å². The topological polar surface area (TPSA) is 72.3 Å². The molecule has 31 heavy (non-hydrogen) atoms. The minimum atomic E-state index is -0.544. The fraction of sp³-hybridized carbons (Fsp3) is 0.375. The molecule has 164 valence electrons. The van der Waals surface area contributed by atoms with Crippen LogP contribution in [-0.4, -0.2) is 41.8 Å². The second-order valence-electron chi connectivity index (χ2n) is 7.67. The van der Waals surface area contributed by atoms with Crippen molar-refractivity contribution in [2.45, 2.75) is 39.3 Å². The largest absolute Gasteiger partial charge is 0.497 e. The van der Waals surface area contributed by atoms with Gasteiger partial charge in [-0.2, -0.15) is 0 Å². The van der Waals surface area contributed by atoms with E-state index < -0.39 is 5.66 Å². The summed E-state index contributed by atoms with van der Waals surface area (Å²) >= 11 is 1.39. The second kappa shape index (κ2) is 10.5. The number of aliphatic imine (C=N–C) groups is 2. The summed E-state index contributed by atoms with van der Waals surface area (Å²) in [5, 5.41) is 3.67. The van der Waals surface area contributed by atoms with Crippen molar-refractivity contribution in [1.82, 2.24) is 0 Å². The van der Waals surface area contributed by atoms with E-state index in [1.54, 1.807) is 13.2 Å². The Labute approximate surface area is 188 Å². The van der Waals surface area contributed by atoms with Crippen molar-refractivity contribution in [3.8, 4) is 11.5 Å². The second-order valence-corrected chi connectivity index (χ2v) is 8.63. The minimum absolute atomic E-state index is 0.107. The van der Waals surface area contributed by atoms with Crippen molar-refractivity contribution in [3.05, 3.63) is 54.1 Å². The molecule has 0 aromatic heterocycles. The lowest BCUT2D eigenvalue weighted by Crippen LogP contribution is -2.17. The maximum absolute atomic E-state index is 12.5. The molecule has 0 saturated heterocycles. The van der Waals surface area contributed by atoms with Gasteiger partial charge in [0.05, 0.1) is 25.2 Å². The van der Waals surface area contributed by atoms with Crippen LogP contribution < -0.4 is 14.8 Å². The number of carbonyl (C=O) groups excluding carboxylic acids is 1. The van der Waals surface area contributed by atoms with Gasteiger partial charge in [-0.1, -0.05) is 31.2 Å². The molecule has 0 aliphatic carbocycles. The Kier molecular flexibility index (Phi) is 7.74. The van der Waals surface area contributed by atoms with Crippen LogP contribution in [0, 0.1) is 0 Å². The third-order valence-electron chi connectivity index (χ3n) is 4.55. The van der Waals surface area contributed by atoms with Crippen LogP contribution in [0.3, 0.4) is 0 Å². The molecule has 0 saturated carbocycles. The maximum atomic E-state index is 12.5. The van der Waals surface area contributed by atoms with E-state index in [1.807, 2.05) is 56.3 Å². The molecule has 3 rings (SSSR count). The first-order chi connectivity index (χ1) is 14.9. The van der Waals surface area contributed by atoms with E-state index >= 15 is 0 Å². The van der Waals surface area contributed by atoms with E-state index in [9.17, 15) is 4.79 Å². The number of methoxy groups -OCH3 is 1. The van der Waals surface area contributed by atoms with E-state index in [0.717, 1.165) is 41.5 Å². The number of thioether (sulfide) groups is 1. The molecule has 0 atom stereocenters. The predicted molar refractivity (Wildman–Crippen MR) is 129 cm³/mol. The molecule has 7 heteroatoms. The molecule has 0 bridgehead atoms. The Hall–Kier alpha value is -2.80. The number of benzene rings is 2. The van der Waals surface area contributed by atoms with Crippen LogP contribution >= 0.6 is 11.8 Å². The van der Waals surface area contributed by atoms with Crippen molar-refractivity contribution >= 4 is 34.1 Å². The highest BCUT2D eigenvalue weighted by Crippen LogP contribution is 2.27. The normalized spacial score (nSPS) is 14.6. The van der Waals surface area contributed by atoms with Crippen molar-refractivity contribution in [2.75, 3.05) is 24.8 Å². The third-order valence-corrected chi connectivity index (χ3v) is 5.52. The van der Waals surface area contributed by atoms with Crippen LogP contribution in [0.4, 0.5) is 5.69 Å². The number of hydrogen-bond donors (Lipinski definition) is 1. The van der Waals surface area contributed by atoms with Gasteiger partial charge in [0, 0.05) is 17.3 Å². The van der Waals surface area contributed by atoms with E-state index in [4.69, 9.17) is 19.5 Å². The summed E-state index contributed by atoms with van der Waals surface area (Å²) < 4.78 is 10.9. The number of ether oxygens (including phenoxy) is 2. The quantitative estimate of drug-likeness (QED) is 0.546. The molecular formula is C24H29N3O3S. The third kappa shape index (κ3) is 6.59. The Bertz CT molecular complexity index is 968. The van der Waals surface area contributed by atoms with Crippen LogP contribution in [0.15, 0.2) is 58.5 Å². The number of unbranched alkanes of at least 4 members (excludes halogenated alkanes) is 1. The van der Waals surface area contributed by atoms with Gasteiger partial charge in [0.25, 0.3) is 0 Å². The fourth-order valence-corrected chi connectivity index (χ4v) is 3.94. The van der Waals surface area contributed by atoms with Crippen molar-refractivity contribution in [2.24, 2.45) is 9.98 Å². The predicted octanol–water partition coefficient (Wildman–Crippen LogP) is 5.18. The monoisotopic (exact) mass is 439 g/mol. The number of amides is 1. The summed E-state index contributed by atoms with van der Waals surface area (Å²) in [6.07, 6.45) is 2.14. The van der Waals surface area contributed by atoms with Crippen LogP contribution in [0.2, 0.25) is 0 Å². The Morgan fingerprint density at radius 3 is 2.58 bits per heavy atom. The number of anilines is 1. The van der Waals surface area contributed by atoms with Gasteiger partial charge in [-0.05, 0) is 56.7 Å². The van der Waals surface area contributed by atoms with Crippen molar-refractivity contribution < 1.29 is 14.3 Å². The van der Waals surface area contributed by atoms with E-state index in [0.29, 0.717) is 11.4 Å². The first-order valence-corrected chi connectivity index (χ1v) is 11.4. The Balaban J connectivity index is 1.63. The molecule has 1 amide bonds. The number of nitrogens with one attached hydrogen (secondary N) is 1. The molecular weight excluding hydrogens is 410 g/mol. The molecule has 6 nitrogen and oxygen atoms in total. The van der Waals surface area contributed by atoms with Crippen LogP contribution in [0.1, 0.15) is 39.2 Å². The van der Waals surface area contributed by atoms with Gasteiger partial charge >= 0.3 is 0 Å². The molecule has 2 aromatic rings. The lowest BCUT2D eigenvalue weighted by Gasteiger charge is -2.09. The first-order valence-electron chi connectivity index (χ1n) is 10.4. The van der Waals surface area contributed by atoms with Gasteiger partial charge < -0.3 is 14.8 Å². The Morgan fingerprint density at radius 2 is 1.87 bits per heavy atom. The summed E-state index contributed by atoms with van der Waals surface area (Å²) in [5.41, 5.74) is 1.93. The fourth-order valence-electron chi connectivity index (χ4n) is 3.01. The highest BCUT2D eigenvalue weighted by atomic mass is 32.2. The molecule has 0 fully saturated rings. The average molecular weight is 440 g/mol. The zero-order valence-corrected chi connectivity index (χ0v) is 19.3. The van der Waals surface area contributed by atoms with E-state index in [1.165, 1.54) is 11.8 Å². The first kappa shape index (κ1) is 22.9. The zero-order chi connectivity index (χ0) is 22.3. The lowest BCUT2D eigenvalue weighted by molar-refractivity contribution is -0.113. The molecule has 1 N–H and O–H groups in total. The van der Waals surface area contributed by atoms with E-state index in [-0.39, 0.29) is 11.7 Å². The molecule has 0 spiro atoms. The van der Waals surface area contributed by atoms with Gasteiger partial charge in [0.15, 0.2) is 0 Å². The summed E-state index contributed by atoms with van der Waals surface area (Å²) in [5.74, 6) is 1.68. The zero-order valence-electron chi connectivity index (χ0n) is 18.5. The number of nitrogens with zero attached hydrogens (tertiary/aromatic N) is 2. The van der Waals surface area contributed by atoms with Gasteiger partial charge in [-0.3, -0.25) is 9.79 Å². The highest BCUT2D eigenvalue weighted by molar-refractivity contribution is 8.16. The number of rotatable bonds is 9. The van der Waals surface area contributed by atoms with Crippen molar-refractivity contribution in [3.63, 3.8) is 0 Å². The van der Waals surface area contributed by atoms with Gasteiger partial charge in [-0.15, -0.1) is 0 Å². The standard InChI is InChI=1S/C24H29N3O3S/c1-5-6-14-30-19-12-10-17(11-13-19)22-23(27-24(2,3)26-22)31-16-21(28)25-18-8-7-9-20(15-18)29-4/h7-13,15H,5-6,14,16H2,1-4H3,(H,25,28). The maximum Gasteiger partial charge on any atom is 0.234 e. The smallest absolute Gasteiger partial charge is 0.234 e. The summed E-state index contributed by atoms with van der Waals surface area (Å²) in [4.78, 5) is 21.9. The number of hydrogen-bond acceptors (Lipinski definition) is 6. The highest BCUT2D eigenvalue weighted by Gasteiger charge is 2.28. The average Bonchev–Trinajstić information content (AvgIpc) is 3.07. The van der Waals surface area contributed by atoms with Crippen LogP contribution in [-0.2, 0) is 4.79 Å². The SMILES string of the molecule is CCCCOc1ccc(C2=NC(C)(C)N=C2SCC(=O)Nc2cccc(OC)c2)cc1. The minimum Gasteiger partial charge on any atom is -0.497 e. The van der Waals surface area contributed by atoms with Gasteiger partial charge in [0.2, 0.25) is 5.91 Å². The molecule has 0 radical (unpaired) electrons. The Morgan fingerprint density at radius 1 is 1.10 bits per heavy atom. The summed E-state index contributed by atoms with van der Waals surface area (Å²) in [7, 11) is 1.60. The van der Waals surface area contributed by atoms with Crippen LogP contribution in [0.5, 0.6) is 11.5 Å². The van der Waals surface area contributed by atoms with Crippen LogP contribution in [0.25, 0.3) is 0 Å². The molecule has 1 heterocycles. The number of carbonyl (C=O) groups is 1. The lowest BCUT2D eigenvalue weighted by atomic mass is 10.1. The molecule has 1 aliphatic heterocycles. The summed E-state index contributed by atoms with van der Waals surface area (Å²) in [6.45, 7) is 6.77. The van der Waals surface area contributed by atoms with Gasteiger partial charge in [0.1, 0.15) is 22.2 Å². The molecule has 1 aliphatic rings. The summed E-state index contributed by atoms with van der Waals surface area (Å²) in [6, 6.07) is 15.2. The molecule has 0 unspecified atom stereocenters. The van der Waals surface area contributed by atoms with E-state index in [2.05, 4.69) is 12.2 Å². The van der Waals surface area contributed by atoms with Gasteiger partial charge in [-0.25, -0.2) is 4.99 Å².